The van der Waals surface area contributed by atoms with Crippen LogP contribution in [-0.2, 0) is 15.0 Å². The molecule has 184 valence electrons. The fourth-order valence-corrected chi connectivity index (χ4v) is 7.15. The van der Waals surface area contributed by atoms with Crippen LogP contribution >= 0.6 is 12.4 Å². The van der Waals surface area contributed by atoms with Gasteiger partial charge in [0.15, 0.2) is 0 Å². The number of halogens is 1. The van der Waals surface area contributed by atoms with Gasteiger partial charge in [-0.15, -0.1) is 12.4 Å². The van der Waals surface area contributed by atoms with Crippen molar-refractivity contribution in [3.63, 3.8) is 0 Å². The van der Waals surface area contributed by atoms with Crippen molar-refractivity contribution in [3.8, 4) is 0 Å². The lowest BCUT2D eigenvalue weighted by Gasteiger charge is -2.41. The van der Waals surface area contributed by atoms with E-state index in [4.69, 9.17) is 0 Å². The van der Waals surface area contributed by atoms with Crippen molar-refractivity contribution in [2.24, 2.45) is 5.92 Å². The van der Waals surface area contributed by atoms with Gasteiger partial charge in [-0.3, -0.25) is 4.79 Å². The molecule has 4 atom stereocenters. The van der Waals surface area contributed by atoms with Crippen molar-refractivity contribution < 1.29 is 18.3 Å². The van der Waals surface area contributed by atoms with E-state index in [0.717, 1.165) is 11.3 Å². The van der Waals surface area contributed by atoms with Crippen molar-refractivity contribution in [2.45, 2.75) is 50.1 Å². The first kappa shape index (κ1) is 25.0. The maximum Gasteiger partial charge on any atom is 0.325 e. The summed E-state index contributed by atoms with van der Waals surface area (Å²) in [5, 5.41) is 10.0. The average molecular weight is 506 g/mol. The maximum absolute atomic E-state index is 13.3. The number of piperazine rings is 1. The maximum atomic E-state index is 13.3. The molecule has 2 aromatic rings. The molecule has 1 heterocycles. The second-order valence-electron chi connectivity index (χ2n) is 9.72. The lowest BCUT2D eigenvalue weighted by atomic mass is 10.1. The first-order chi connectivity index (χ1) is 15.7. The van der Waals surface area contributed by atoms with E-state index in [2.05, 4.69) is 33.9 Å². The van der Waals surface area contributed by atoms with E-state index >= 15 is 0 Å². The third-order valence-corrected chi connectivity index (χ3v) is 9.22. The van der Waals surface area contributed by atoms with E-state index in [9.17, 15) is 18.3 Å². The summed E-state index contributed by atoms with van der Waals surface area (Å²) in [7, 11) is -3.97. The third-order valence-electron chi connectivity index (χ3n) is 7.61. The van der Waals surface area contributed by atoms with Gasteiger partial charge in [0.1, 0.15) is 5.54 Å². The molecule has 0 aromatic heterocycles. The number of aliphatic carboxylic acids is 1. The highest BCUT2D eigenvalue weighted by Gasteiger charge is 2.70. The molecule has 3 aliphatic rings. The monoisotopic (exact) mass is 505 g/mol. The standard InChI is InChI=1S/C25H31N3O4S.ClH/c1-17-16-27(14-15-28(17)22-12-10-20(11-13-22)19-8-9-19)33(31,32)26-25(24(29)30)18(2)23(25)21-6-4-3-5-7-21;/h3-7,10-13,17-19,23,26H,8-9,14-16H2,1-2H3,(H,29,30);1H/t17-,18-,23-,25+;/m1./s1. The molecule has 0 spiro atoms. The van der Waals surface area contributed by atoms with E-state index in [1.165, 1.54) is 22.7 Å². The molecule has 5 rings (SSSR count). The molecule has 0 radical (unpaired) electrons. The van der Waals surface area contributed by atoms with Crippen LogP contribution in [0.5, 0.6) is 0 Å². The van der Waals surface area contributed by atoms with Gasteiger partial charge in [-0.05, 0) is 54.9 Å². The van der Waals surface area contributed by atoms with Gasteiger partial charge in [0.2, 0.25) is 0 Å². The van der Waals surface area contributed by atoms with E-state index < -0.39 is 27.6 Å². The number of nitrogens with one attached hydrogen (secondary N) is 1. The third kappa shape index (κ3) is 4.33. The highest BCUT2D eigenvalue weighted by molar-refractivity contribution is 7.87. The lowest BCUT2D eigenvalue weighted by molar-refractivity contribution is -0.140. The highest BCUT2D eigenvalue weighted by Crippen LogP contribution is 2.58. The Labute approximate surface area is 207 Å². The molecule has 0 amide bonds. The van der Waals surface area contributed by atoms with Crippen LogP contribution in [-0.4, -0.2) is 55.0 Å². The number of hydrogen-bond donors (Lipinski definition) is 2. The zero-order chi connectivity index (χ0) is 23.4. The molecule has 9 heteroatoms. The Morgan fingerprint density at radius 2 is 1.65 bits per heavy atom. The Balaban J connectivity index is 0.00000274. The summed E-state index contributed by atoms with van der Waals surface area (Å²) in [4.78, 5) is 14.5. The van der Waals surface area contributed by atoms with Crippen molar-refractivity contribution >= 4 is 34.3 Å². The molecule has 1 aliphatic heterocycles. The van der Waals surface area contributed by atoms with Crippen molar-refractivity contribution in [2.75, 3.05) is 24.5 Å². The SMILES string of the molecule is C[C@@H]1CN(S(=O)(=O)N[C@@]2(C(=O)O)[C@H](C)[C@@H]2c2ccccc2)CCN1c1ccc(C2CC2)cc1.Cl. The van der Waals surface area contributed by atoms with Crippen LogP contribution in [0, 0.1) is 5.92 Å². The van der Waals surface area contributed by atoms with Crippen LogP contribution in [0.1, 0.15) is 49.7 Å². The molecule has 3 fully saturated rings. The van der Waals surface area contributed by atoms with Crippen LogP contribution in [0.25, 0.3) is 0 Å². The molecule has 2 aliphatic carbocycles. The minimum absolute atomic E-state index is 0. The Morgan fingerprint density at radius 1 is 1.00 bits per heavy atom. The summed E-state index contributed by atoms with van der Waals surface area (Å²) in [6.45, 7) is 4.97. The molecule has 0 bridgehead atoms. The normalized spacial score (nSPS) is 29.4. The molecule has 2 N–H and O–H groups in total. The summed E-state index contributed by atoms with van der Waals surface area (Å²) in [6, 6.07) is 17.9. The van der Waals surface area contributed by atoms with Gasteiger partial charge < -0.3 is 10.0 Å². The smallest absolute Gasteiger partial charge is 0.325 e. The van der Waals surface area contributed by atoms with Gasteiger partial charge in [0.05, 0.1) is 0 Å². The van der Waals surface area contributed by atoms with Crippen molar-refractivity contribution in [1.82, 2.24) is 9.03 Å². The van der Waals surface area contributed by atoms with Crippen LogP contribution < -0.4 is 9.62 Å². The average Bonchev–Trinajstić information content (AvgIpc) is 3.72. The van der Waals surface area contributed by atoms with Crippen LogP contribution in [0.15, 0.2) is 54.6 Å². The molecule has 2 saturated carbocycles. The topological polar surface area (TPSA) is 90.0 Å². The van der Waals surface area contributed by atoms with Gasteiger partial charge >= 0.3 is 5.97 Å². The largest absolute Gasteiger partial charge is 0.480 e. The number of nitrogens with zero attached hydrogens (tertiary/aromatic N) is 2. The number of carbonyl (C=O) groups is 1. The summed E-state index contributed by atoms with van der Waals surface area (Å²) in [5.41, 5.74) is 1.79. The fraction of sp³-hybridized carbons (Fsp3) is 0.480. The number of rotatable bonds is 7. The summed E-state index contributed by atoms with van der Waals surface area (Å²) >= 11 is 0. The molecule has 0 unspecified atom stereocenters. The van der Waals surface area contributed by atoms with Crippen LogP contribution in [0.4, 0.5) is 5.69 Å². The molecular formula is C25H32ClN3O4S. The second-order valence-corrected chi connectivity index (χ2v) is 11.4. The van der Waals surface area contributed by atoms with E-state index in [1.807, 2.05) is 37.3 Å². The predicted octanol–water partition coefficient (Wildman–Crippen LogP) is 3.59. The second kappa shape index (κ2) is 9.15. The first-order valence-electron chi connectivity index (χ1n) is 11.7. The van der Waals surface area contributed by atoms with E-state index in [0.29, 0.717) is 25.6 Å². The number of anilines is 1. The summed E-state index contributed by atoms with van der Waals surface area (Å²) < 4.78 is 30.6. The van der Waals surface area contributed by atoms with E-state index in [1.54, 1.807) is 6.92 Å². The Kier molecular flexibility index (Phi) is 6.72. The van der Waals surface area contributed by atoms with Crippen LogP contribution in [0.2, 0.25) is 0 Å². The Morgan fingerprint density at radius 3 is 2.21 bits per heavy atom. The Hall–Kier alpha value is -2.13. The zero-order valence-electron chi connectivity index (χ0n) is 19.4. The summed E-state index contributed by atoms with van der Waals surface area (Å²) in [6.07, 6.45) is 2.53. The van der Waals surface area contributed by atoms with Gasteiger partial charge in [-0.2, -0.15) is 17.4 Å². The Bertz CT molecular complexity index is 1140. The van der Waals surface area contributed by atoms with Gasteiger partial charge in [-0.25, -0.2) is 0 Å². The highest BCUT2D eigenvalue weighted by atomic mass is 35.5. The quantitative estimate of drug-likeness (QED) is 0.600. The minimum Gasteiger partial charge on any atom is -0.480 e. The zero-order valence-corrected chi connectivity index (χ0v) is 21.1. The van der Waals surface area contributed by atoms with E-state index in [-0.39, 0.29) is 24.4 Å². The molecular weight excluding hydrogens is 474 g/mol. The molecule has 7 nitrogen and oxygen atoms in total. The number of hydrogen-bond acceptors (Lipinski definition) is 4. The predicted molar refractivity (Wildman–Crippen MR) is 135 cm³/mol. The number of carboxylic acids is 1. The fourth-order valence-electron chi connectivity index (χ4n) is 5.46. The van der Waals surface area contributed by atoms with Crippen molar-refractivity contribution in [1.29, 1.82) is 0 Å². The first-order valence-corrected chi connectivity index (χ1v) is 13.1. The molecule has 1 saturated heterocycles. The number of carboxylic acid groups (broad SMARTS) is 1. The minimum atomic E-state index is -3.97. The van der Waals surface area contributed by atoms with Crippen molar-refractivity contribution in [3.05, 3.63) is 65.7 Å². The molecule has 2 aromatic carbocycles. The van der Waals surface area contributed by atoms with Gasteiger partial charge in [-0.1, -0.05) is 49.4 Å². The van der Waals surface area contributed by atoms with Crippen LogP contribution in [0.3, 0.4) is 0 Å². The summed E-state index contributed by atoms with van der Waals surface area (Å²) in [5.74, 6) is -1.16. The van der Waals surface area contributed by atoms with Gasteiger partial charge in [0, 0.05) is 37.3 Å². The molecule has 34 heavy (non-hydrogen) atoms. The van der Waals surface area contributed by atoms with Gasteiger partial charge in [0.25, 0.3) is 10.2 Å². The lowest BCUT2D eigenvalue weighted by Crippen LogP contribution is -2.59. The number of benzene rings is 2.